The van der Waals surface area contributed by atoms with E-state index in [4.69, 9.17) is 0 Å². The fraction of sp³-hybridized carbons (Fsp3) is 0.368. The molecule has 2 aliphatic carbocycles. The molecule has 1 nitrogen and oxygen atoms in total. The van der Waals surface area contributed by atoms with Gasteiger partial charge >= 0.3 is 0 Å². The molecule has 0 aliphatic heterocycles. The van der Waals surface area contributed by atoms with Gasteiger partial charge in [0.05, 0.1) is 0 Å². The van der Waals surface area contributed by atoms with Crippen molar-refractivity contribution in [2.75, 3.05) is 4.90 Å². The van der Waals surface area contributed by atoms with Crippen molar-refractivity contribution in [3.8, 4) is 22.3 Å². The zero-order valence-electron chi connectivity index (χ0n) is 24.6. The Bertz CT molecular complexity index is 1480. The molecule has 39 heavy (non-hydrogen) atoms. The second kappa shape index (κ2) is 9.70. The lowest BCUT2D eigenvalue weighted by molar-refractivity contribution is 0.224. The second-order valence-corrected chi connectivity index (χ2v) is 13.4. The maximum atomic E-state index is 2.61. The summed E-state index contributed by atoms with van der Waals surface area (Å²) in [6, 6.07) is 34.5. The predicted molar refractivity (Wildman–Crippen MR) is 168 cm³/mol. The van der Waals surface area contributed by atoms with Gasteiger partial charge in [0.25, 0.3) is 0 Å². The molecule has 1 fully saturated rings. The third-order valence-electron chi connectivity index (χ3n) is 9.52. The summed E-state index contributed by atoms with van der Waals surface area (Å²) in [5, 5.41) is 0. The van der Waals surface area contributed by atoms with Crippen LogP contribution in [0.25, 0.3) is 22.3 Å². The Hall–Kier alpha value is -3.32. The maximum Gasteiger partial charge on any atom is 0.0452 e. The molecule has 0 atom stereocenters. The highest BCUT2D eigenvalue weighted by Gasteiger charge is 2.38. The summed E-state index contributed by atoms with van der Waals surface area (Å²) in [5.41, 5.74) is 13.0. The van der Waals surface area contributed by atoms with Crippen molar-refractivity contribution >= 4 is 11.4 Å². The molecule has 2 aliphatic rings. The largest absolute Gasteiger partial charge is 0.339 e. The van der Waals surface area contributed by atoms with E-state index in [0.717, 1.165) is 0 Å². The number of rotatable bonds is 5. The molecule has 0 radical (unpaired) electrons. The molecule has 0 heterocycles. The van der Waals surface area contributed by atoms with Crippen LogP contribution in [0.3, 0.4) is 0 Å². The third kappa shape index (κ3) is 4.61. The van der Waals surface area contributed by atoms with Gasteiger partial charge in [0.15, 0.2) is 0 Å². The van der Waals surface area contributed by atoms with Gasteiger partial charge in [-0.1, -0.05) is 94.4 Å². The number of anilines is 2. The summed E-state index contributed by atoms with van der Waals surface area (Å²) < 4.78 is 0. The van der Waals surface area contributed by atoms with E-state index in [1.165, 1.54) is 76.0 Å². The van der Waals surface area contributed by atoms with Gasteiger partial charge in [-0.15, -0.1) is 0 Å². The van der Waals surface area contributed by atoms with Crippen LogP contribution in [0.1, 0.15) is 89.8 Å². The van der Waals surface area contributed by atoms with Crippen LogP contribution in [0.5, 0.6) is 0 Å². The molecular weight excluding hydrogens is 470 g/mol. The topological polar surface area (TPSA) is 3.24 Å². The third-order valence-corrected chi connectivity index (χ3v) is 9.52. The molecule has 0 unspecified atom stereocenters. The van der Waals surface area contributed by atoms with Crippen LogP contribution in [0.15, 0.2) is 91.0 Å². The summed E-state index contributed by atoms with van der Waals surface area (Å²) in [5.74, 6) is 0.591. The number of benzene rings is 4. The van der Waals surface area contributed by atoms with Crippen molar-refractivity contribution in [1.29, 1.82) is 0 Å². The first-order valence-corrected chi connectivity index (χ1v) is 14.9. The van der Waals surface area contributed by atoms with E-state index < -0.39 is 0 Å². The van der Waals surface area contributed by atoms with E-state index in [0.29, 0.717) is 17.4 Å². The van der Waals surface area contributed by atoms with Gasteiger partial charge < -0.3 is 4.90 Å². The van der Waals surface area contributed by atoms with Gasteiger partial charge in [-0.2, -0.15) is 0 Å². The summed E-state index contributed by atoms with van der Waals surface area (Å²) in [6.07, 6.45) is 5.11. The molecule has 0 saturated heterocycles. The highest BCUT2D eigenvalue weighted by Crippen LogP contribution is 2.54. The molecule has 0 N–H and O–H groups in total. The van der Waals surface area contributed by atoms with Crippen molar-refractivity contribution < 1.29 is 0 Å². The van der Waals surface area contributed by atoms with E-state index in [2.05, 4.69) is 137 Å². The predicted octanol–water partition coefficient (Wildman–Crippen LogP) is 10.9. The fourth-order valence-corrected chi connectivity index (χ4v) is 7.18. The fourth-order valence-electron chi connectivity index (χ4n) is 7.18. The lowest BCUT2D eigenvalue weighted by Gasteiger charge is -2.39. The number of hydrogen-bond acceptors (Lipinski definition) is 1. The van der Waals surface area contributed by atoms with Crippen LogP contribution >= 0.6 is 0 Å². The van der Waals surface area contributed by atoms with Crippen LogP contribution in [0.4, 0.5) is 11.4 Å². The molecular formula is C38H43N. The van der Waals surface area contributed by atoms with E-state index >= 15 is 0 Å². The molecule has 0 bridgehead atoms. The molecule has 1 heteroatoms. The second-order valence-electron chi connectivity index (χ2n) is 13.4. The number of nitrogens with zero attached hydrogens (tertiary/aromatic N) is 1. The van der Waals surface area contributed by atoms with Gasteiger partial charge in [0.2, 0.25) is 0 Å². The molecule has 4 aromatic rings. The summed E-state index contributed by atoms with van der Waals surface area (Å²) in [4.78, 5) is 2.61. The SMILES string of the molecule is CC(C)N(c1cccc(-c2ccccc2)c1)c1cc2c(cc1C1CCC(C)(C)CC1)-c1ccccc1C2(C)C. The van der Waals surface area contributed by atoms with Crippen LogP contribution in [0.2, 0.25) is 0 Å². The molecule has 0 amide bonds. The van der Waals surface area contributed by atoms with E-state index in [1.54, 1.807) is 0 Å². The smallest absolute Gasteiger partial charge is 0.0452 e. The lowest BCUT2D eigenvalue weighted by atomic mass is 9.70. The average Bonchev–Trinajstić information content (AvgIpc) is 3.15. The first kappa shape index (κ1) is 25.9. The summed E-state index contributed by atoms with van der Waals surface area (Å²) in [7, 11) is 0. The van der Waals surface area contributed by atoms with Crippen LogP contribution in [-0.4, -0.2) is 6.04 Å². The van der Waals surface area contributed by atoms with Crippen molar-refractivity contribution in [1.82, 2.24) is 0 Å². The minimum Gasteiger partial charge on any atom is -0.339 e. The van der Waals surface area contributed by atoms with Crippen molar-refractivity contribution in [3.63, 3.8) is 0 Å². The molecule has 0 spiro atoms. The van der Waals surface area contributed by atoms with Crippen LogP contribution < -0.4 is 4.90 Å². The minimum absolute atomic E-state index is 0.0116. The van der Waals surface area contributed by atoms with Gasteiger partial charge in [0, 0.05) is 22.8 Å². The first-order valence-electron chi connectivity index (χ1n) is 14.9. The number of fused-ring (bicyclic) bond motifs is 3. The minimum atomic E-state index is -0.0116. The van der Waals surface area contributed by atoms with Crippen LogP contribution in [0, 0.1) is 5.41 Å². The van der Waals surface area contributed by atoms with Crippen LogP contribution in [-0.2, 0) is 5.41 Å². The Labute approximate surface area is 235 Å². The van der Waals surface area contributed by atoms with E-state index in [9.17, 15) is 0 Å². The molecule has 4 aromatic carbocycles. The standard InChI is InChI=1S/C38H43N/c1-26(2)39(30-16-12-15-29(23-30)27-13-8-7-9-14-27)36-25-35-33(31-17-10-11-18-34(31)38(35,5)6)24-32(36)28-19-21-37(3,4)22-20-28/h7-18,23-26,28H,19-22H2,1-6H3. The van der Waals surface area contributed by atoms with E-state index in [-0.39, 0.29) is 5.41 Å². The Kier molecular flexibility index (Phi) is 6.45. The first-order chi connectivity index (χ1) is 18.7. The highest BCUT2D eigenvalue weighted by atomic mass is 15.2. The van der Waals surface area contributed by atoms with E-state index in [1.807, 2.05) is 0 Å². The summed E-state index contributed by atoms with van der Waals surface area (Å²) in [6.45, 7) is 14.4. The average molecular weight is 514 g/mol. The molecule has 1 saturated carbocycles. The van der Waals surface area contributed by atoms with Gasteiger partial charge in [-0.25, -0.2) is 0 Å². The zero-order valence-corrected chi connectivity index (χ0v) is 24.6. The lowest BCUT2D eigenvalue weighted by Crippen LogP contribution is -2.29. The number of hydrogen-bond donors (Lipinski definition) is 0. The van der Waals surface area contributed by atoms with Gasteiger partial charge in [-0.05, 0) is 114 Å². The van der Waals surface area contributed by atoms with Crippen molar-refractivity contribution in [2.24, 2.45) is 5.41 Å². The molecule has 6 rings (SSSR count). The zero-order chi connectivity index (χ0) is 27.4. The molecule has 0 aromatic heterocycles. The molecule has 200 valence electrons. The Balaban J connectivity index is 1.54. The maximum absolute atomic E-state index is 2.61. The highest BCUT2D eigenvalue weighted by molar-refractivity contribution is 5.85. The van der Waals surface area contributed by atoms with Gasteiger partial charge in [-0.3, -0.25) is 0 Å². The van der Waals surface area contributed by atoms with Crippen molar-refractivity contribution in [2.45, 2.75) is 84.6 Å². The Morgan fingerprint density at radius 2 is 1.33 bits per heavy atom. The normalized spacial score (nSPS) is 17.6. The monoisotopic (exact) mass is 513 g/mol. The quantitative estimate of drug-likeness (QED) is 0.256. The van der Waals surface area contributed by atoms with Gasteiger partial charge in [0.1, 0.15) is 0 Å². The summed E-state index contributed by atoms with van der Waals surface area (Å²) >= 11 is 0. The Morgan fingerprint density at radius 1 is 0.667 bits per heavy atom. The Morgan fingerprint density at radius 3 is 2.05 bits per heavy atom. The van der Waals surface area contributed by atoms with Crippen molar-refractivity contribution in [3.05, 3.63) is 108 Å².